The van der Waals surface area contributed by atoms with Crippen LogP contribution in [0.3, 0.4) is 0 Å². The Morgan fingerprint density at radius 2 is 1.68 bits per heavy atom. The molecular formula is C29H28F5NO3. The lowest BCUT2D eigenvalue weighted by molar-refractivity contribution is -0.253. The van der Waals surface area contributed by atoms with E-state index in [4.69, 9.17) is 0 Å². The van der Waals surface area contributed by atoms with E-state index in [0.29, 0.717) is 16.7 Å². The maximum atomic E-state index is 13.5. The van der Waals surface area contributed by atoms with Gasteiger partial charge in [0.2, 0.25) is 0 Å². The normalized spacial score (nSPS) is 15.3. The number of ether oxygens (including phenoxy) is 1. The number of nitrogens with one attached hydrogen (secondary N) is 1. The smallest absolute Gasteiger partial charge is 0.428 e. The Bertz CT molecular complexity index is 1250. The predicted octanol–water partition coefficient (Wildman–Crippen LogP) is 6.41. The van der Waals surface area contributed by atoms with Gasteiger partial charge in [-0.25, -0.2) is 4.39 Å². The maximum absolute atomic E-state index is 13.5. The van der Waals surface area contributed by atoms with Crippen LogP contribution >= 0.6 is 0 Å². The number of amides is 1. The molecule has 2 unspecified atom stereocenters. The number of alkyl halides is 4. The average molecular weight is 534 g/mol. The van der Waals surface area contributed by atoms with Crippen LogP contribution in [-0.2, 0) is 19.3 Å². The number of carbonyl (C=O) groups excluding carboxylic acids is 1. The van der Waals surface area contributed by atoms with Gasteiger partial charge in [0.15, 0.2) is 0 Å². The monoisotopic (exact) mass is 533 g/mol. The van der Waals surface area contributed by atoms with Crippen LogP contribution in [0, 0.1) is 5.82 Å². The summed E-state index contributed by atoms with van der Waals surface area (Å²) in [5.41, 5.74) is 3.25. The molecule has 0 radical (unpaired) electrons. The lowest BCUT2D eigenvalue weighted by atomic mass is 9.93. The average Bonchev–Trinajstić information content (AvgIpc) is 3.14. The predicted molar refractivity (Wildman–Crippen MR) is 132 cm³/mol. The highest BCUT2D eigenvalue weighted by molar-refractivity contribution is 5.96. The highest BCUT2D eigenvalue weighted by atomic mass is 19.3. The molecule has 38 heavy (non-hydrogen) atoms. The van der Waals surface area contributed by atoms with Crippen molar-refractivity contribution in [1.82, 2.24) is 5.32 Å². The van der Waals surface area contributed by atoms with Crippen molar-refractivity contribution in [3.8, 4) is 5.75 Å². The van der Waals surface area contributed by atoms with Crippen LogP contribution in [0.25, 0.3) is 0 Å². The van der Waals surface area contributed by atoms with Gasteiger partial charge in [0.25, 0.3) is 5.91 Å². The van der Waals surface area contributed by atoms with Crippen molar-refractivity contribution in [1.29, 1.82) is 0 Å². The van der Waals surface area contributed by atoms with Gasteiger partial charge in [0.1, 0.15) is 11.6 Å². The Balaban J connectivity index is 1.62. The first-order valence-electron chi connectivity index (χ1n) is 12.4. The van der Waals surface area contributed by atoms with Gasteiger partial charge in [0.05, 0.1) is 12.1 Å². The number of carbonyl (C=O) groups is 1. The molecule has 0 saturated carbocycles. The molecule has 0 saturated heterocycles. The molecular weight excluding hydrogens is 505 g/mol. The SMILES string of the molecule is O=C(NC(Cc1cccc(OC(F)(F)C(F)F)c1)C(O)c1ccc(F)cc1)c1cccc2c1CCCCC2. The largest absolute Gasteiger partial charge is 0.461 e. The van der Waals surface area contributed by atoms with Crippen molar-refractivity contribution in [2.24, 2.45) is 0 Å². The highest BCUT2D eigenvalue weighted by Gasteiger charge is 2.44. The minimum absolute atomic E-state index is 0.0449. The summed E-state index contributed by atoms with van der Waals surface area (Å²) in [5.74, 6) is -1.40. The fraction of sp³-hybridized carbons (Fsp3) is 0.345. The van der Waals surface area contributed by atoms with Gasteiger partial charge in [-0.15, -0.1) is 0 Å². The molecule has 0 aliphatic heterocycles. The second-order valence-corrected chi connectivity index (χ2v) is 9.40. The van der Waals surface area contributed by atoms with Gasteiger partial charge >= 0.3 is 12.5 Å². The third-order valence-corrected chi connectivity index (χ3v) is 6.66. The van der Waals surface area contributed by atoms with Crippen LogP contribution < -0.4 is 10.1 Å². The molecule has 1 aliphatic carbocycles. The summed E-state index contributed by atoms with van der Waals surface area (Å²) in [5, 5.41) is 14.0. The lowest BCUT2D eigenvalue weighted by Gasteiger charge is -2.26. The van der Waals surface area contributed by atoms with E-state index in [9.17, 15) is 31.9 Å². The van der Waals surface area contributed by atoms with Crippen LogP contribution in [0.5, 0.6) is 5.75 Å². The molecule has 4 rings (SSSR count). The number of benzene rings is 3. The van der Waals surface area contributed by atoms with Crippen LogP contribution in [0.2, 0.25) is 0 Å². The number of hydrogen-bond donors (Lipinski definition) is 2. The van der Waals surface area contributed by atoms with Gasteiger partial charge in [-0.2, -0.15) is 17.6 Å². The van der Waals surface area contributed by atoms with E-state index >= 15 is 0 Å². The van der Waals surface area contributed by atoms with Gasteiger partial charge in [-0.1, -0.05) is 42.8 Å². The van der Waals surface area contributed by atoms with Gasteiger partial charge in [-0.05, 0) is 84.7 Å². The van der Waals surface area contributed by atoms with E-state index in [2.05, 4.69) is 10.1 Å². The van der Waals surface area contributed by atoms with Crippen molar-refractivity contribution in [2.75, 3.05) is 0 Å². The maximum Gasteiger partial charge on any atom is 0.461 e. The summed E-state index contributed by atoms with van der Waals surface area (Å²) < 4.78 is 69.7. The summed E-state index contributed by atoms with van der Waals surface area (Å²) >= 11 is 0. The molecule has 2 atom stereocenters. The number of aliphatic hydroxyl groups is 1. The fourth-order valence-electron chi connectivity index (χ4n) is 4.74. The third kappa shape index (κ3) is 6.69. The molecule has 0 heterocycles. The summed E-state index contributed by atoms with van der Waals surface area (Å²) in [6.07, 6.45) is -5.35. The quantitative estimate of drug-likeness (QED) is 0.247. The van der Waals surface area contributed by atoms with E-state index in [0.717, 1.165) is 55.4 Å². The summed E-state index contributed by atoms with van der Waals surface area (Å²) in [6, 6.07) is 14.9. The standard InChI is InChI=1S/C29H28F5NO3/c30-21-14-12-20(13-15-21)26(36)25(17-18-6-4-9-22(16-18)38-29(33,34)28(31)32)35-27(37)24-11-5-8-19-7-2-1-3-10-23(19)24/h4-6,8-9,11-16,25-26,28,36H,1-3,7,10,17H2,(H,35,37). The molecule has 0 fully saturated rings. The van der Waals surface area contributed by atoms with Crippen LogP contribution in [0.15, 0.2) is 66.7 Å². The van der Waals surface area contributed by atoms with Crippen molar-refractivity contribution >= 4 is 5.91 Å². The Morgan fingerprint density at radius 1 is 0.974 bits per heavy atom. The van der Waals surface area contributed by atoms with Crippen LogP contribution in [0.4, 0.5) is 22.0 Å². The van der Waals surface area contributed by atoms with Crippen molar-refractivity contribution in [2.45, 2.75) is 63.2 Å². The molecule has 9 heteroatoms. The third-order valence-electron chi connectivity index (χ3n) is 6.66. The minimum atomic E-state index is -4.68. The van der Waals surface area contributed by atoms with E-state index in [1.54, 1.807) is 12.1 Å². The second-order valence-electron chi connectivity index (χ2n) is 9.40. The van der Waals surface area contributed by atoms with Gasteiger partial charge in [-0.3, -0.25) is 4.79 Å². The topological polar surface area (TPSA) is 58.6 Å². The lowest BCUT2D eigenvalue weighted by Crippen LogP contribution is -2.41. The molecule has 4 nitrogen and oxygen atoms in total. The molecule has 202 valence electrons. The minimum Gasteiger partial charge on any atom is -0.428 e. The van der Waals surface area contributed by atoms with Crippen molar-refractivity contribution in [3.63, 3.8) is 0 Å². The number of halogens is 5. The zero-order valence-corrected chi connectivity index (χ0v) is 20.5. The number of aryl methyl sites for hydroxylation is 1. The summed E-state index contributed by atoms with van der Waals surface area (Å²) in [4.78, 5) is 13.5. The number of hydrogen-bond acceptors (Lipinski definition) is 3. The first kappa shape index (κ1) is 27.6. The molecule has 0 aromatic heterocycles. The van der Waals surface area contributed by atoms with Crippen LogP contribution in [0.1, 0.15) is 58.0 Å². The van der Waals surface area contributed by atoms with E-state index in [1.165, 1.54) is 30.3 Å². The number of fused-ring (bicyclic) bond motifs is 1. The molecule has 1 aliphatic rings. The Kier molecular flexibility index (Phi) is 8.66. The van der Waals surface area contributed by atoms with Crippen molar-refractivity contribution < 1.29 is 36.6 Å². The fourth-order valence-corrected chi connectivity index (χ4v) is 4.74. The van der Waals surface area contributed by atoms with E-state index < -0.39 is 42.2 Å². The molecule has 2 N–H and O–H groups in total. The second kappa shape index (κ2) is 11.9. The Hall–Kier alpha value is -3.46. The Morgan fingerprint density at radius 3 is 2.42 bits per heavy atom. The zero-order chi connectivity index (χ0) is 27.3. The molecule has 1 amide bonds. The molecule has 3 aromatic rings. The van der Waals surface area contributed by atoms with E-state index in [-0.39, 0.29) is 6.42 Å². The van der Waals surface area contributed by atoms with Crippen LogP contribution in [-0.4, -0.2) is 29.6 Å². The van der Waals surface area contributed by atoms with Gasteiger partial charge in [0, 0.05) is 5.56 Å². The van der Waals surface area contributed by atoms with Crippen molar-refractivity contribution in [3.05, 3.63) is 100 Å². The highest BCUT2D eigenvalue weighted by Crippen LogP contribution is 2.29. The first-order valence-corrected chi connectivity index (χ1v) is 12.4. The number of rotatable bonds is 9. The number of aliphatic hydroxyl groups excluding tert-OH is 1. The van der Waals surface area contributed by atoms with E-state index in [1.807, 2.05) is 12.1 Å². The summed E-state index contributed by atoms with van der Waals surface area (Å²) in [6.45, 7) is 0. The molecule has 0 bridgehead atoms. The van der Waals surface area contributed by atoms with Gasteiger partial charge < -0.3 is 15.2 Å². The Labute approximate surface area is 217 Å². The molecule has 3 aromatic carbocycles. The zero-order valence-electron chi connectivity index (χ0n) is 20.5. The molecule has 0 spiro atoms. The summed E-state index contributed by atoms with van der Waals surface area (Å²) in [7, 11) is 0. The first-order chi connectivity index (χ1) is 18.1.